The molecular formula is C15H10Cl2F2N4. The summed E-state index contributed by atoms with van der Waals surface area (Å²) in [5, 5.41) is 4.93. The molecule has 0 aliphatic rings. The van der Waals surface area contributed by atoms with Crippen LogP contribution in [0.4, 0.5) is 8.78 Å². The third kappa shape index (κ3) is 3.65. The third-order valence-corrected chi connectivity index (χ3v) is 3.56. The molecule has 0 atom stereocenters. The molecule has 0 bridgehead atoms. The quantitative estimate of drug-likeness (QED) is 0.692. The van der Waals surface area contributed by atoms with Gasteiger partial charge in [-0.25, -0.2) is 23.4 Å². The maximum atomic E-state index is 13.0. The van der Waals surface area contributed by atoms with Gasteiger partial charge in [0, 0.05) is 17.4 Å². The Bertz CT molecular complexity index is 801. The van der Waals surface area contributed by atoms with Crippen LogP contribution in [0.1, 0.15) is 23.6 Å². The summed E-state index contributed by atoms with van der Waals surface area (Å²) in [4.78, 5) is 8.17. The summed E-state index contributed by atoms with van der Waals surface area (Å²) < 4.78 is 27.4. The SMILES string of the molecule is FC(F)c1cc(Cc2ncc(Cl)cn2)n(-c2ccc(Cl)cc2)n1. The molecule has 0 saturated heterocycles. The van der Waals surface area contributed by atoms with Crippen molar-refractivity contribution < 1.29 is 8.78 Å². The van der Waals surface area contributed by atoms with E-state index in [0.717, 1.165) is 0 Å². The standard InChI is InChI=1S/C15H10Cl2F2N4/c16-9-1-3-11(4-2-9)23-12(5-13(22-23)15(18)19)6-14-20-7-10(17)8-21-14/h1-5,7-8,15H,6H2. The van der Waals surface area contributed by atoms with Crippen molar-refractivity contribution in [1.29, 1.82) is 0 Å². The zero-order valence-electron chi connectivity index (χ0n) is 11.6. The zero-order chi connectivity index (χ0) is 16.4. The average Bonchev–Trinajstić information content (AvgIpc) is 2.94. The fourth-order valence-electron chi connectivity index (χ4n) is 2.07. The lowest BCUT2D eigenvalue weighted by molar-refractivity contribution is 0.145. The topological polar surface area (TPSA) is 43.6 Å². The van der Waals surface area contributed by atoms with E-state index in [1.165, 1.54) is 23.1 Å². The molecule has 0 radical (unpaired) electrons. The van der Waals surface area contributed by atoms with Crippen LogP contribution in [0.15, 0.2) is 42.7 Å². The van der Waals surface area contributed by atoms with Gasteiger partial charge in [-0.3, -0.25) is 0 Å². The molecule has 0 aliphatic carbocycles. The molecule has 0 amide bonds. The second-order valence-electron chi connectivity index (χ2n) is 4.74. The Morgan fingerprint density at radius 1 is 1.00 bits per heavy atom. The molecule has 118 valence electrons. The highest BCUT2D eigenvalue weighted by Crippen LogP contribution is 2.23. The molecule has 3 rings (SSSR count). The predicted molar refractivity (Wildman–Crippen MR) is 83.4 cm³/mol. The highest BCUT2D eigenvalue weighted by molar-refractivity contribution is 6.30. The minimum atomic E-state index is -2.66. The van der Waals surface area contributed by atoms with Gasteiger partial charge in [0.25, 0.3) is 6.43 Å². The summed E-state index contributed by atoms with van der Waals surface area (Å²) in [5.74, 6) is 0.463. The minimum Gasteiger partial charge on any atom is -0.239 e. The van der Waals surface area contributed by atoms with Gasteiger partial charge in [0.2, 0.25) is 0 Å². The van der Waals surface area contributed by atoms with Gasteiger partial charge in [-0.2, -0.15) is 5.10 Å². The predicted octanol–water partition coefficient (Wildman–Crippen LogP) is 4.50. The van der Waals surface area contributed by atoms with Gasteiger partial charge in [-0.05, 0) is 30.3 Å². The van der Waals surface area contributed by atoms with E-state index in [2.05, 4.69) is 15.1 Å². The van der Waals surface area contributed by atoms with Crippen LogP contribution in [-0.2, 0) is 6.42 Å². The number of halogens is 4. The van der Waals surface area contributed by atoms with Gasteiger partial charge >= 0.3 is 0 Å². The van der Waals surface area contributed by atoms with Gasteiger partial charge in [0.15, 0.2) is 0 Å². The van der Waals surface area contributed by atoms with E-state index in [4.69, 9.17) is 23.2 Å². The molecule has 4 nitrogen and oxygen atoms in total. The second kappa shape index (κ2) is 6.60. The summed E-state index contributed by atoms with van der Waals surface area (Å²) in [7, 11) is 0. The van der Waals surface area contributed by atoms with Crippen LogP contribution < -0.4 is 0 Å². The first kappa shape index (κ1) is 15.8. The number of hydrogen-bond donors (Lipinski definition) is 0. The lowest BCUT2D eigenvalue weighted by Gasteiger charge is -2.07. The molecule has 0 N–H and O–H groups in total. The normalized spacial score (nSPS) is 11.2. The van der Waals surface area contributed by atoms with E-state index in [1.807, 2.05) is 0 Å². The summed E-state index contributed by atoms with van der Waals surface area (Å²) in [6.07, 6.45) is 0.509. The Labute approximate surface area is 140 Å². The van der Waals surface area contributed by atoms with E-state index in [1.54, 1.807) is 24.3 Å². The first-order valence-corrected chi connectivity index (χ1v) is 7.38. The van der Waals surface area contributed by atoms with Crippen molar-refractivity contribution in [2.45, 2.75) is 12.8 Å². The molecule has 0 unspecified atom stereocenters. The number of alkyl halides is 2. The van der Waals surface area contributed by atoms with Crippen LogP contribution in [-0.4, -0.2) is 19.7 Å². The molecule has 2 aromatic heterocycles. The van der Waals surface area contributed by atoms with Crippen LogP contribution in [0.5, 0.6) is 0 Å². The van der Waals surface area contributed by atoms with Crippen LogP contribution in [0.2, 0.25) is 10.0 Å². The molecule has 1 aromatic carbocycles. The summed E-state index contributed by atoms with van der Waals surface area (Å²) in [6, 6.07) is 8.09. The molecule has 3 aromatic rings. The maximum Gasteiger partial charge on any atom is 0.282 e. The van der Waals surface area contributed by atoms with Crippen molar-refractivity contribution in [2.75, 3.05) is 0 Å². The average molecular weight is 355 g/mol. The minimum absolute atomic E-state index is 0.250. The van der Waals surface area contributed by atoms with Crippen LogP contribution >= 0.6 is 23.2 Å². The highest BCUT2D eigenvalue weighted by atomic mass is 35.5. The van der Waals surface area contributed by atoms with Crippen molar-refractivity contribution >= 4 is 23.2 Å². The fourth-order valence-corrected chi connectivity index (χ4v) is 2.29. The van der Waals surface area contributed by atoms with Crippen LogP contribution in [0, 0.1) is 0 Å². The van der Waals surface area contributed by atoms with E-state index < -0.39 is 6.43 Å². The molecule has 23 heavy (non-hydrogen) atoms. The van der Waals surface area contributed by atoms with Crippen LogP contribution in [0.3, 0.4) is 0 Å². The molecule has 0 saturated carbocycles. The molecule has 0 fully saturated rings. The van der Waals surface area contributed by atoms with Crippen molar-refractivity contribution in [1.82, 2.24) is 19.7 Å². The maximum absolute atomic E-state index is 13.0. The number of nitrogens with zero attached hydrogens (tertiary/aromatic N) is 4. The van der Waals surface area contributed by atoms with Crippen molar-refractivity contribution in [2.24, 2.45) is 0 Å². The van der Waals surface area contributed by atoms with Crippen LogP contribution in [0.25, 0.3) is 5.69 Å². The first-order chi connectivity index (χ1) is 11.0. The molecule has 8 heteroatoms. The Balaban J connectivity index is 2.00. The van der Waals surface area contributed by atoms with Gasteiger partial charge in [-0.15, -0.1) is 0 Å². The lowest BCUT2D eigenvalue weighted by Crippen LogP contribution is -2.05. The summed E-state index contributed by atoms with van der Waals surface area (Å²) in [5.41, 5.74) is 0.874. The lowest BCUT2D eigenvalue weighted by atomic mass is 10.2. The monoisotopic (exact) mass is 354 g/mol. The van der Waals surface area contributed by atoms with Crippen molar-refractivity contribution in [3.63, 3.8) is 0 Å². The molecular weight excluding hydrogens is 345 g/mol. The largest absolute Gasteiger partial charge is 0.282 e. The highest BCUT2D eigenvalue weighted by Gasteiger charge is 2.17. The first-order valence-electron chi connectivity index (χ1n) is 6.62. The summed E-state index contributed by atoms with van der Waals surface area (Å²) in [6.45, 7) is 0. The van der Waals surface area contributed by atoms with Gasteiger partial charge in [0.05, 0.1) is 22.8 Å². The van der Waals surface area contributed by atoms with Gasteiger partial charge in [-0.1, -0.05) is 23.2 Å². The number of benzene rings is 1. The third-order valence-electron chi connectivity index (χ3n) is 3.11. The van der Waals surface area contributed by atoms with Crippen molar-refractivity contribution in [3.05, 3.63) is 70.0 Å². The van der Waals surface area contributed by atoms with E-state index >= 15 is 0 Å². The second-order valence-corrected chi connectivity index (χ2v) is 5.62. The van der Waals surface area contributed by atoms with Gasteiger partial charge < -0.3 is 0 Å². The zero-order valence-corrected chi connectivity index (χ0v) is 13.1. The molecule has 0 spiro atoms. The Kier molecular flexibility index (Phi) is 4.54. The smallest absolute Gasteiger partial charge is 0.239 e. The van der Waals surface area contributed by atoms with E-state index in [9.17, 15) is 8.78 Å². The Morgan fingerprint density at radius 2 is 1.65 bits per heavy atom. The van der Waals surface area contributed by atoms with Gasteiger partial charge in [0.1, 0.15) is 11.5 Å². The number of hydrogen-bond acceptors (Lipinski definition) is 3. The van der Waals surface area contributed by atoms with E-state index in [-0.39, 0.29) is 12.1 Å². The number of aromatic nitrogens is 4. The molecule has 2 heterocycles. The summed E-state index contributed by atoms with van der Waals surface area (Å²) >= 11 is 11.6. The fraction of sp³-hybridized carbons (Fsp3) is 0.133. The van der Waals surface area contributed by atoms with E-state index in [0.29, 0.717) is 27.3 Å². The van der Waals surface area contributed by atoms with Crippen molar-refractivity contribution in [3.8, 4) is 5.69 Å². The Hall–Kier alpha value is -2.05. The number of rotatable bonds is 4. The Morgan fingerprint density at radius 3 is 2.26 bits per heavy atom. The molecule has 0 aliphatic heterocycles.